The fourth-order valence-electron chi connectivity index (χ4n) is 2.43. The molecule has 0 amide bonds. The highest BCUT2D eigenvalue weighted by Gasteiger charge is 2.15. The number of hydrogen-bond donors (Lipinski definition) is 1. The average Bonchev–Trinajstić information content (AvgIpc) is 3.09. The van der Waals surface area contributed by atoms with Crippen molar-refractivity contribution in [2.24, 2.45) is 0 Å². The molecule has 20 heavy (non-hydrogen) atoms. The third kappa shape index (κ3) is 1.87. The second kappa shape index (κ2) is 4.86. The molecule has 3 heterocycles. The Hall–Kier alpha value is -1.96. The molecule has 0 saturated carbocycles. The third-order valence-electron chi connectivity index (χ3n) is 3.47. The molecule has 1 N–H and O–H groups in total. The molecule has 3 aromatic rings. The Morgan fingerprint density at radius 1 is 1.30 bits per heavy atom. The van der Waals surface area contributed by atoms with Gasteiger partial charge in [-0.1, -0.05) is 0 Å². The zero-order chi connectivity index (χ0) is 14.3. The Labute approximate surface area is 121 Å². The minimum atomic E-state index is 0.595. The van der Waals surface area contributed by atoms with Crippen LogP contribution < -0.4 is 0 Å². The van der Waals surface area contributed by atoms with Crippen LogP contribution in [0, 0.1) is 11.7 Å². The molecule has 0 aromatic carbocycles. The van der Waals surface area contributed by atoms with E-state index in [0.717, 1.165) is 35.8 Å². The maximum Gasteiger partial charge on any atom is 0.179 e. The van der Waals surface area contributed by atoms with Crippen LogP contribution in [0.1, 0.15) is 25.4 Å². The Bertz CT molecular complexity index is 804. The molecule has 3 rings (SSSR count). The molecule has 0 aliphatic rings. The highest BCUT2D eigenvalue weighted by Crippen LogP contribution is 2.18. The Morgan fingerprint density at radius 2 is 2.10 bits per heavy atom. The lowest BCUT2D eigenvalue weighted by Gasteiger charge is -2.06. The van der Waals surface area contributed by atoms with E-state index in [1.165, 1.54) is 0 Å². The van der Waals surface area contributed by atoms with E-state index in [-0.39, 0.29) is 0 Å². The summed E-state index contributed by atoms with van der Waals surface area (Å²) < 4.78 is 6.70. The summed E-state index contributed by atoms with van der Waals surface area (Å²) in [5, 5.41) is 12.7. The van der Waals surface area contributed by atoms with Crippen LogP contribution in [0.15, 0.2) is 6.33 Å². The van der Waals surface area contributed by atoms with Gasteiger partial charge in [0.1, 0.15) is 11.8 Å². The monoisotopic (exact) mass is 291 g/mol. The van der Waals surface area contributed by atoms with Gasteiger partial charge < -0.3 is 9.55 Å². The second-order valence-corrected chi connectivity index (χ2v) is 5.04. The van der Waals surface area contributed by atoms with Crippen LogP contribution >= 0.6 is 12.2 Å². The summed E-state index contributed by atoms with van der Waals surface area (Å²) in [5.74, 6) is 0.894. The van der Waals surface area contributed by atoms with Gasteiger partial charge in [-0.15, -0.1) is 10.2 Å². The highest BCUT2D eigenvalue weighted by atomic mass is 32.1. The van der Waals surface area contributed by atoms with Gasteiger partial charge in [-0.25, -0.2) is 4.68 Å². The Morgan fingerprint density at radius 3 is 2.80 bits per heavy atom. The van der Waals surface area contributed by atoms with Gasteiger partial charge in [0, 0.05) is 13.1 Å². The quantitative estimate of drug-likeness (QED) is 0.745. The number of rotatable bonds is 4. The van der Waals surface area contributed by atoms with Crippen LogP contribution in [0.5, 0.6) is 0 Å². The molecule has 0 aliphatic carbocycles. The number of H-pyrrole nitrogens is 1. The van der Waals surface area contributed by atoms with E-state index < -0.39 is 0 Å². The van der Waals surface area contributed by atoms with Gasteiger partial charge in [0.05, 0.1) is 12.2 Å². The molecule has 0 spiro atoms. The van der Waals surface area contributed by atoms with E-state index in [4.69, 9.17) is 12.2 Å². The predicted octanol–water partition coefficient (Wildman–Crippen LogP) is 1.88. The van der Waals surface area contributed by atoms with E-state index in [1.807, 2.05) is 20.7 Å². The molecular formula is C12H17N7S. The van der Waals surface area contributed by atoms with Crippen molar-refractivity contribution in [3.63, 3.8) is 0 Å². The first kappa shape index (κ1) is 13.0. The summed E-state index contributed by atoms with van der Waals surface area (Å²) in [6.07, 6.45) is 1.74. The number of hydrogen-bond acceptors (Lipinski definition) is 4. The summed E-state index contributed by atoms with van der Waals surface area (Å²) in [5.41, 5.74) is 2.98. The van der Waals surface area contributed by atoms with Crippen molar-refractivity contribution in [3.8, 4) is 0 Å². The van der Waals surface area contributed by atoms with E-state index in [2.05, 4.69) is 34.1 Å². The van der Waals surface area contributed by atoms with Crippen LogP contribution in [0.3, 0.4) is 0 Å². The summed E-state index contributed by atoms with van der Waals surface area (Å²) in [7, 11) is 0. The Kier molecular flexibility index (Phi) is 3.17. The number of fused-ring (bicyclic) bond motifs is 1. The van der Waals surface area contributed by atoms with Crippen LogP contribution in [0.4, 0.5) is 0 Å². The largest absolute Gasteiger partial charge is 0.328 e. The van der Waals surface area contributed by atoms with Crippen molar-refractivity contribution in [2.75, 3.05) is 0 Å². The number of aromatic amines is 1. The number of nitrogens with one attached hydrogen (secondary N) is 1. The number of imidazole rings is 1. The maximum absolute atomic E-state index is 5.44. The van der Waals surface area contributed by atoms with Crippen molar-refractivity contribution in [3.05, 3.63) is 22.6 Å². The van der Waals surface area contributed by atoms with Crippen LogP contribution in [-0.2, 0) is 19.6 Å². The fourth-order valence-corrected chi connectivity index (χ4v) is 2.69. The molecule has 0 saturated heterocycles. The van der Waals surface area contributed by atoms with Gasteiger partial charge in [0.2, 0.25) is 0 Å². The zero-order valence-corrected chi connectivity index (χ0v) is 12.6. The highest BCUT2D eigenvalue weighted by molar-refractivity contribution is 7.71. The summed E-state index contributed by atoms with van der Waals surface area (Å²) in [6.45, 7) is 8.36. The first-order valence-electron chi connectivity index (χ1n) is 6.68. The minimum Gasteiger partial charge on any atom is -0.328 e. The molecule has 0 unspecified atom stereocenters. The van der Waals surface area contributed by atoms with E-state index >= 15 is 0 Å². The lowest BCUT2D eigenvalue weighted by atomic mass is 10.4. The summed E-state index contributed by atoms with van der Waals surface area (Å²) in [6, 6.07) is 0. The first-order valence-corrected chi connectivity index (χ1v) is 7.09. The van der Waals surface area contributed by atoms with Crippen molar-refractivity contribution >= 4 is 23.4 Å². The minimum absolute atomic E-state index is 0.595. The average molecular weight is 291 g/mol. The first-order chi connectivity index (χ1) is 9.65. The van der Waals surface area contributed by atoms with Crippen LogP contribution in [0.2, 0.25) is 0 Å². The normalized spacial score (nSPS) is 11.6. The standard InChI is InChI=1S/C12H17N7S/c1-4-17-7-13-15-9(17)6-18-11-10(14-12(18)20)8(3)16-19(11)5-2/h7H,4-6H2,1-3H3,(H,14,20). The maximum atomic E-state index is 5.44. The molecule has 0 radical (unpaired) electrons. The number of aryl methyl sites for hydroxylation is 3. The summed E-state index contributed by atoms with van der Waals surface area (Å²) in [4.78, 5) is 3.24. The molecule has 7 nitrogen and oxygen atoms in total. The van der Waals surface area contributed by atoms with E-state index in [0.29, 0.717) is 11.3 Å². The molecule has 0 aliphatic heterocycles. The van der Waals surface area contributed by atoms with Crippen LogP contribution in [-0.4, -0.2) is 34.1 Å². The van der Waals surface area contributed by atoms with Crippen LogP contribution in [0.25, 0.3) is 11.2 Å². The van der Waals surface area contributed by atoms with Gasteiger partial charge >= 0.3 is 0 Å². The van der Waals surface area contributed by atoms with Crippen molar-refractivity contribution in [1.82, 2.24) is 34.1 Å². The summed E-state index contributed by atoms with van der Waals surface area (Å²) >= 11 is 5.44. The molecule has 0 bridgehead atoms. The SMILES string of the molecule is CCn1cnnc1Cn1c(=S)[nH]c2c(C)nn(CC)c21. The lowest BCUT2D eigenvalue weighted by molar-refractivity contribution is 0.617. The topological polar surface area (TPSA) is 69.2 Å². The fraction of sp³-hybridized carbons (Fsp3) is 0.500. The third-order valence-corrected chi connectivity index (χ3v) is 3.79. The van der Waals surface area contributed by atoms with Crippen molar-refractivity contribution in [2.45, 2.75) is 40.4 Å². The van der Waals surface area contributed by atoms with Gasteiger partial charge in [0.25, 0.3) is 0 Å². The second-order valence-electron chi connectivity index (χ2n) is 4.65. The molecule has 3 aromatic heterocycles. The van der Waals surface area contributed by atoms with Gasteiger partial charge in [-0.05, 0) is 33.0 Å². The zero-order valence-electron chi connectivity index (χ0n) is 11.8. The molecule has 106 valence electrons. The van der Waals surface area contributed by atoms with Crippen molar-refractivity contribution in [1.29, 1.82) is 0 Å². The number of nitrogens with zero attached hydrogens (tertiary/aromatic N) is 6. The Balaban J connectivity index is 2.16. The molecule has 8 heteroatoms. The van der Waals surface area contributed by atoms with Crippen molar-refractivity contribution < 1.29 is 0 Å². The molecule has 0 fully saturated rings. The molecule has 0 atom stereocenters. The lowest BCUT2D eigenvalue weighted by Crippen LogP contribution is -2.10. The number of aromatic nitrogens is 7. The van der Waals surface area contributed by atoms with Gasteiger partial charge in [0.15, 0.2) is 16.2 Å². The van der Waals surface area contributed by atoms with Gasteiger partial charge in [-0.3, -0.25) is 4.57 Å². The van der Waals surface area contributed by atoms with Gasteiger partial charge in [-0.2, -0.15) is 5.10 Å². The predicted molar refractivity (Wildman–Crippen MR) is 78.1 cm³/mol. The van der Waals surface area contributed by atoms with E-state index in [1.54, 1.807) is 6.33 Å². The smallest absolute Gasteiger partial charge is 0.179 e. The van der Waals surface area contributed by atoms with E-state index in [9.17, 15) is 0 Å². The molecular weight excluding hydrogens is 274 g/mol.